The number of carbonyl (C=O) groups excluding carboxylic acids is 2. The van der Waals surface area contributed by atoms with Gasteiger partial charge in [0, 0.05) is 18.8 Å². The summed E-state index contributed by atoms with van der Waals surface area (Å²) in [6.07, 6.45) is 8.45. The fourth-order valence-electron chi connectivity index (χ4n) is 3.15. The highest BCUT2D eigenvalue weighted by Crippen LogP contribution is 2.09. The monoisotopic (exact) mass is 437 g/mol. The topological polar surface area (TPSA) is 150 Å². The molecule has 1 aromatic carbocycles. The Morgan fingerprint density at radius 2 is 1.88 bits per heavy atom. The van der Waals surface area contributed by atoms with Crippen molar-refractivity contribution in [3.63, 3.8) is 0 Å². The third kappa shape index (κ3) is 7.00. The summed E-state index contributed by atoms with van der Waals surface area (Å²) in [5.74, 6) is -1.70. The van der Waals surface area contributed by atoms with Gasteiger partial charge in [0.25, 0.3) is 5.91 Å². The first-order valence-corrected chi connectivity index (χ1v) is 10.2. The summed E-state index contributed by atoms with van der Waals surface area (Å²) in [6.45, 7) is 0. The summed E-state index contributed by atoms with van der Waals surface area (Å²) in [7, 11) is -1.75. The van der Waals surface area contributed by atoms with Crippen LogP contribution in [0.25, 0.3) is 0 Å². The highest BCUT2D eigenvalue weighted by molar-refractivity contribution is 6.43. The van der Waals surface area contributed by atoms with Crippen molar-refractivity contribution in [3.8, 4) is 0 Å². The van der Waals surface area contributed by atoms with E-state index in [9.17, 15) is 19.6 Å². The van der Waals surface area contributed by atoms with Crippen molar-refractivity contribution in [1.29, 1.82) is 0 Å². The Morgan fingerprint density at radius 1 is 1.06 bits per heavy atom. The van der Waals surface area contributed by atoms with E-state index in [0.717, 1.165) is 12.0 Å². The van der Waals surface area contributed by atoms with E-state index in [-0.39, 0.29) is 12.1 Å². The van der Waals surface area contributed by atoms with Crippen LogP contribution >= 0.6 is 0 Å². The molecule has 0 radical (unpaired) electrons. The standard InChI is InChI=1S/C21H24BN5O5/c28-20(27-19(22(30)31)8-4-7-15-5-2-1-3-6-15)17(11-16-12-24-14-32-16)26-21(29)18-13-23-9-10-25-18/h1-3,5-6,9-10,12-14,17,19,30-31H,4,7-8,11H2,(H,26,29)(H,27,28)/t17?,19-/m0/s1. The number of hydrogen-bond donors (Lipinski definition) is 4. The van der Waals surface area contributed by atoms with Gasteiger partial charge >= 0.3 is 7.12 Å². The minimum Gasteiger partial charge on any atom is -0.448 e. The highest BCUT2D eigenvalue weighted by Gasteiger charge is 2.30. The molecule has 3 rings (SSSR count). The Balaban J connectivity index is 1.64. The number of benzene rings is 1. The molecule has 11 heteroatoms. The molecule has 166 valence electrons. The van der Waals surface area contributed by atoms with Crippen LogP contribution in [0.2, 0.25) is 0 Å². The van der Waals surface area contributed by atoms with E-state index in [1.807, 2.05) is 30.3 Å². The predicted octanol–water partition coefficient (Wildman–Crippen LogP) is 0.325. The van der Waals surface area contributed by atoms with Gasteiger partial charge in [-0.15, -0.1) is 0 Å². The van der Waals surface area contributed by atoms with Crippen molar-refractivity contribution in [3.05, 3.63) is 78.5 Å². The van der Waals surface area contributed by atoms with Crippen LogP contribution in [0.1, 0.15) is 34.7 Å². The molecule has 10 nitrogen and oxygen atoms in total. The molecule has 3 aromatic rings. The first kappa shape index (κ1) is 23.1. The number of aryl methyl sites for hydroxylation is 1. The van der Waals surface area contributed by atoms with Gasteiger partial charge in [0.2, 0.25) is 5.91 Å². The van der Waals surface area contributed by atoms with Gasteiger partial charge in [0.15, 0.2) is 6.39 Å². The van der Waals surface area contributed by atoms with E-state index in [2.05, 4.69) is 25.6 Å². The first-order valence-electron chi connectivity index (χ1n) is 10.2. The van der Waals surface area contributed by atoms with Crippen molar-refractivity contribution in [2.75, 3.05) is 0 Å². The molecular formula is C21H24BN5O5. The van der Waals surface area contributed by atoms with Crippen LogP contribution in [0.15, 0.2) is 65.9 Å². The lowest BCUT2D eigenvalue weighted by Crippen LogP contribution is -2.54. The minimum absolute atomic E-state index is 0.0239. The van der Waals surface area contributed by atoms with E-state index in [0.29, 0.717) is 18.6 Å². The highest BCUT2D eigenvalue weighted by atomic mass is 16.4. The first-order chi connectivity index (χ1) is 15.5. The Hall–Kier alpha value is -3.57. The zero-order chi connectivity index (χ0) is 22.8. The summed E-state index contributed by atoms with van der Waals surface area (Å²) in [6, 6.07) is 8.71. The molecule has 0 spiro atoms. The van der Waals surface area contributed by atoms with Crippen LogP contribution in [0.5, 0.6) is 0 Å². The molecule has 1 unspecified atom stereocenters. The van der Waals surface area contributed by atoms with Crippen LogP contribution < -0.4 is 10.6 Å². The van der Waals surface area contributed by atoms with Gasteiger partial charge in [-0.25, -0.2) is 9.97 Å². The van der Waals surface area contributed by atoms with Crippen molar-refractivity contribution in [2.45, 2.75) is 37.7 Å². The number of nitrogens with one attached hydrogen (secondary N) is 2. The largest absolute Gasteiger partial charge is 0.475 e. The van der Waals surface area contributed by atoms with Gasteiger partial charge in [0.1, 0.15) is 17.5 Å². The Kier molecular flexibility index (Phi) is 8.47. The van der Waals surface area contributed by atoms with E-state index in [1.165, 1.54) is 31.2 Å². The maximum absolute atomic E-state index is 12.9. The van der Waals surface area contributed by atoms with E-state index in [4.69, 9.17) is 4.42 Å². The second-order valence-electron chi connectivity index (χ2n) is 7.20. The summed E-state index contributed by atoms with van der Waals surface area (Å²) in [5.41, 5.74) is 1.16. The Bertz CT molecular complexity index is 973. The molecule has 0 aliphatic carbocycles. The van der Waals surface area contributed by atoms with E-state index in [1.54, 1.807) is 0 Å². The van der Waals surface area contributed by atoms with Gasteiger partial charge in [-0.2, -0.15) is 0 Å². The molecule has 32 heavy (non-hydrogen) atoms. The summed E-state index contributed by atoms with van der Waals surface area (Å²) >= 11 is 0. The van der Waals surface area contributed by atoms with E-state index >= 15 is 0 Å². The summed E-state index contributed by atoms with van der Waals surface area (Å²) in [4.78, 5) is 37.0. The van der Waals surface area contributed by atoms with Gasteiger partial charge in [-0.1, -0.05) is 30.3 Å². The number of carbonyl (C=O) groups is 2. The molecule has 0 fully saturated rings. The Morgan fingerprint density at radius 3 is 2.53 bits per heavy atom. The van der Waals surface area contributed by atoms with Gasteiger partial charge < -0.3 is 25.1 Å². The van der Waals surface area contributed by atoms with Crippen molar-refractivity contribution in [2.24, 2.45) is 0 Å². The number of rotatable bonds is 11. The molecule has 4 N–H and O–H groups in total. The number of hydrogen-bond acceptors (Lipinski definition) is 8. The molecule has 2 aromatic heterocycles. The SMILES string of the molecule is O=C(NC(Cc1cnco1)C(=O)N[C@@H](CCCc1ccccc1)B(O)O)c1cnccn1. The number of oxazole rings is 1. The lowest BCUT2D eigenvalue weighted by atomic mass is 9.76. The fraction of sp³-hybridized carbons (Fsp3) is 0.286. The van der Waals surface area contributed by atoms with Crippen molar-refractivity contribution in [1.82, 2.24) is 25.6 Å². The second-order valence-corrected chi connectivity index (χ2v) is 7.20. The third-order valence-corrected chi connectivity index (χ3v) is 4.82. The second kappa shape index (κ2) is 11.7. The molecular weight excluding hydrogens is 413 g/mol. The number of amides is 2. The molecule has 0 saturated heterocycles. The molecule has 2 amide bonds. The van der Waals surface area contributed by atoms with E-state index < -0.39 is 30.9 Å². The smallest absolute Gasteiger partial charge is 0.448 e. The quantitative estimate of drug-likeness (QED) is 0.314. The van der Waals surface area contributed by atoms with Gasteiger partial charge in [-0.3, -0.25) is 14.6 Å². The minimum atomic E-state index is -1.75. The normalized spacial score (nSPS) is 12.6. The maximum atomic E-state index is 12.9. The molecule has 0 bridgehead atoms. The average Bonchev–Trinajstić information content (AvgIpc) is 3.32. The van der Waals surface area contributed by atoms with Crippen molar-refractivity contribution < 1.29 is 24.1 Å². The Labute approximate surface area is 185 Å². The van der Waals surface area contributed by atoms with Crippen LogP contribution in [-0.4, -0.2) is 55.9 Å². The number of aromatic nitrogens is 3. The van der Waals surface area contributed by atoms with Gasteiger partial charge in [-0.05, 0) is 24.8 Å². The summed E-state index contributed by atoms with van der Waals surface area (Å²) < 4.78 is 5.20. The van der Waals surface area contributed by atoms with Crippen LogP contribution in [0.4, 0.5) is 0 Å². The number of nitrogens with zero attached hydrogens (tertiary/aromatic N) is 3. The molecule has 0 aliphatic heterocycles. The lowest BCUT2D eigenvalue weighted by Gasteiger charge is -2.22. The molecule has 2 atom stereocenters. The van der Waals surface area contributed by atoms with Crippen LogP contribution in [0, 0.1) is 0 Å². The molecule has 0 aliphatic rings. The third-order valence-electron chi connectivity index (χ3n) is 4.82. The molecule has 0 saturated carbocycles. The predicted molar refractivity (Wildman–Crippen MR) is 115 cm³/mol. The summed E-state index contributed by atoms with van der Waals surface area (Å²) in [5, 5.41) is 24.7. The fourth-order valence-corrected chi connectivity index (χ4v) is 3.15. The lowest BCUT2D eigenvalue weighted by molar-refractivity contribution is -0.123. The zero-order valence-corrected chi connectivity index (χ0v) is 17.3. The van der Waals surface area contributed by atoms with Gasteiger partial charge in [0.05, 0.1) is 18.3 Å². The zero-order valence-electron chi connectivity index (χ0n) is 17.3. The van der Waals surface area contributed by atoms with Crippen LogP contribution in [0.3, 0.4) is 0 Å². The van der Waals surface area contributed by atoms with Crippen molar-refractivity contribution >= 4 is 18.9 Å². The maximum Gasteiger partial charge on any atom is 0.475 e. The molecule has 2 heterocycles. The average molecular weight is 437 g/mol. The van der Waals surface area contributed by atoms with Crippen LogP contribution in [-0.2, 0) is 17.6 Å².